The van der Waals surface area contributed by atoms with Gasteiger partial charge in [-0.3, -0.25) is 19.3 Å². The van der Waals surface area contributed by atoms with Gasteiger partial charge in [0.05, 0.1) is 23.8 Å². The van der Waals surface area contributed by atoms with Crippen LogP contribution in [-0.4, -0.2) is 94.5 Å². The van der Waals surface area contributed by atoms with Crippen molar-refractivity contribution in [3.05, 3.63) is 71.3 Å². The normalized spacial score (nSPS) is 10.7. The summed E-state index contributed by atoms with van der Waals surface area (Å²) in [5.41, 5.74) is -0.160. The molecule has 0 spiro atoms. The van der Waals surface area contributed by atoms with Crippen molar-refractivity contribution in [3.8, 4) is 34.5 Å². The van der Waals surface area contributed by atoms with E-state index in [1.54, 1.807) is 6.07 Å². The van der Waals surface area contributed by atoms with Gasteiger partial charge in [-0.05, 0) is 36.4 Å². The quantitative estimate of drug-likeness (QED) is 0.138. The van der Waals surface area contributed by atoms with Crippen molar-refractivity contribution in [2.75, 3.05) is 46.4 Å². The van der Waals surface area contributed by atoms with Crippen LogP contribution in [0, 0.1) is 0 Å². The minimum Gasteiger partial charge on any atom is -0.504 e. The minimum absolute atomic E-state index is 0.0345. The molecule has 13 nitrogen and oxygen atoms in total. The number of amides is 3. The Morgan fingerprint density at radius 2 is 0.976 bits per heavy atom. The van der Waals surface area contributed by atoms with Crippen LogP contribution in [0.1, 0.15) is 31.1 Å². The van der Waals surface area contributed by atoms with Gasteiger partial charge in [-0.15, -0.1) is 0 Å². The van der Waals surface area contributed by atoms with Crippen LogP contribution in [0.25, 0.3) is 0 Å². The molecule has 0 atom stereocenters. The van der Waals surface area contributed by atoms with Crippen molar-refractivity contribution in [1.82, 2.24) is 20.9 Å². The summed E-state index contributed by atoms with van der Waals surface area (Å²) >= 11 is 0. The lowest BCUT2D eigenvalue weighted by Crippen LogP contribution is -2.43. The van der Waals surface area contributed by atoms with E-state index in [1.807, 2.05) is 4.90 Å². The molecular weight excluding hydrogens is 536 g/mol. The van der Waals surface area contributed by atoms with Gasteiger partial charge in [-0.1, -0.05) is 18.2 Å². The molecule has 0 radical (unpaired) electrons. The second-order valence-corrected chi connectivity index (χ2v) is 8.81. The van der Waals surface area contributed by atoms with Gasteiger partial charge in [0.2, 0.25) is 0 Å². The fourth-order valence-corrected chi connectivity index (χ4v) is 3.90. The number of nitrogens with one attached hydrogen (secondary N) is 3. The lowest BCUT2D eigenvalue weighted by Gasteiger charge is -2.23. The van der Waals surface area contributed by atoms with E-state index in [1.165, 1.54) is 55.6 Å². The molecule has 8 N–H and O–H groups in total. The Balaban J connectivity index is 1.59. The van der Waals surface area contributed by atoms with Gasteiger partial charge in [0, 0.05) is 39.3 Å². The molecule has 0 aliphatic carbocycles. The summed E-state index contributed by atoms with van der Waals surface area (Å²) in [4.78, 5) is 39.4. The zero-order chi connectivity index (χ0) is 29.9. The third-order valence-corrected chi connectivity index (χ3v) is 6.12. The van der Waals surface area contributed by atoms with Crippen molar-refractivity contribution >= 4 is 17.7 Å². The summed E-state index contributed by atoms with van der Waals surface area (Å²) in [5, 5.41) is 57.3. The zero-order valence-corrected chi connectivity index (χ0v) is 22.3. The first-order valence-corrected chi connectivity index (χ1v) is 12.6. The number of carbonyl (C=O) groups is 3. The number of phenols is 5. The number of phenolic OH excluding ortho intramolecular Hbond substituents is 5. The molecule has 0 aliphatic rings. The molecular formula is C28H32N4O9. The highest BCUT2D eigenvalue weighted by Gasteiger charge is 2.17. The molecule has 0 saturated carbocycles. The highest BCUT2D eigenvalue weighted by atomic mass is 16.5. The Hall–Kier alpha value is -5.17. The third kappa shape index (κ3) is 7.92. The average molecular weight is 569 g/mol. The molecule has 0 fully saturated rings. The maximum absolute atomic E-state index is 12.6. The van der Waals surface area contributed by atoms with E-state index >= 15 is 0 Å². The molecule has 0 aliphatic heterocycles. The van der Waals surface area contributed by atoms with Gasteiger partial charge >= 0.3 is 0 Å². The Morgan fingerprint density at radius 3 is 1.37 bits per heavy atom. The Labute approximate surface area is 235 Å². The SMILES string of the molecule is COc1cccc(C(=O)NCCN(CCNC(=O)c2cccc(O)c2O)CCNC(=O)c2cccc(O)c2O)c1O. The van der Waals surface area contributed by atoms with Crippen molar-refractivity contribution in [2.24, 2.45) is 0 Å². The highest BCUT2D eigenvalue weighted by molar-refractivity contribution is 5.98. The minimum atomic E-state index is -0.604. The number of hydrogen-bond acceptors (Lipinski definition) is 10. The first-order chi connectivity index (χ1) is 19.6. The number of methoxy groups -OCH3 is 1. The number of hydrogen-bond donors (Lipinski definition) is 8. The van der Waals surface area contributed by atoms with Crippen LogP contribution in [0.2, 0.25) is 0 Å². The van der Waals surface area contributed by atoms with Crippen LogP contribution in [0.15, 0.2) is 54.6 Å². The lowest BCUT2D eigenvalue weighted by atomic mass is 10.1. The van der Waals surface area contributed by atoms with Gasteiger partial charge in [-0.25, -0.2) is 0 Å². The highest BCUT2D eigenvalue weighted by Crippen LogP contribution is 2.30. The maximum atomic E-state index is 12.6. The average Bonchev–Trinajstić information content (AvgIpc) is 2.95. The number of carbonyl (C=O) groups excluding carboxylic acids is 3. The van der Waals surface area contributed by atoms with Crippen LogP contribution in [0.3, 0.4) is 0 Å². The first-order valence-electron chi connectivity index (χ1n) is 12.6. The molecule has 218 valence electrons. The van der Waals surface area contributed by atoms with Crippen molar-refractivity contribution in [2.45, 2.75) is 0 Å². The summed E-state index contributed by atoms with van der Waals surface area (Å²) in [7, 11) is 1.37. The number of rotatable bonds is 13. The summed E-state index contributed by atoms with van der Waals surface area (Å²) < 4.78 is 5.03. The second-order valence-electron chi connectivity index (χ2n) is 8.81. The number of aromatic hydroxyl groups is 5. The van der Waals surface area contributed by atoms with E-state index < -0.39 is 40.7 Å². The van der Waals surface area contributed by atoms with Gasteiger partial charge in [0.15, 0.2) is 34.5 Å². The van der Waals surface area contributed by atoms with E-state index in [-0.39, 0.29) is 67.5 Å². The van der Waals surface area contributed by atoms with Crippen molar-refractivity contribution in [3.63, 3.8) is 0 Å². The van der Waals surface area contributed by atoms with Crippen LogP contribution < -0.4 is 20.7 Å². The van der Waals surface area contributed by atoms with Crippen LogP contribution in [0.4, 0.5) is 0 Å². The fraction of sp³-hybridized carbons (Fsp3) is 0.250. The first kappa shape index (κ1) is 30.4. The van der Waals surface area contributed by atoms with E-state index in [0.717, 1.165) is 0 Å². The number of ether oxygens (including phenoxy) is 1. The molecule has 0 saturated heterocycles. The van der Waals surface area contributed by atoms with Crippen LogP contribution >= 0.6 is 0 Å². The zero-order valence-electron chi connectivity index (χ0n) is 22.3. The van der Waals surface area contributed by atoms with E-state index in [9.17, 15) is 39.9 Å². The van der Waals surface area contributed by atoms with Crippen molar-refractivity contribution < 1.29 is 44.7 Å². The largest absolute Gasteiger partial charge is 0.504 e. The molecule has 0 aromatic heterocycles. The van der Waals surface area contributed by atoms with E-state index in [0.29, 0.717) is 0 Å². The molecule has 0 bridgehead atoms. The number of para-hydroxylation sites is 3. The summed E-state index contributed by atoms with van der Waals surface area (Å²) in [6.07, 6.45) is 0. The van der Waals surface area contributed by atoms with E-state index in [2.05, 4.69) is 16.0 Å². The molecule has 3 amide bonds. The van der Waals surface area contributed by atoms with Crippen LogP contribution in [0.5, 0.6) is 34.5 Å². The Bertz CT molecular complexity index is 1330. The molecule has 3 aromatic carbocycles. The maximum Gasteiger partial charge on any atom is 0.255 e. The van der Waals surface area contributed by atoms with E-state index in [4.69, 9.17) is 4.74 Å². The molecule has 41 heavy (non-hydrogen) atoms. The molecule has 0 unspecified atom stereocenters. The van der Waals surface area contributed by atoms with Gasteiger partial charge in [0.25, 0.3) is 17.7 Å². The van der Waals surface area contributed by atoms with Gasteiger partial charge < -0.3 is 46.2 Å². The number of benzene rings is 3. The summed E-state index contributed by atoms with van der Waals surface area (Å²) in [5.74, 6) is -3.80. The topological polar surface area (TPSA) is 201 Å². The second kappa shape index (κ2) is 14.3. The third-order valence-electron chi connectivity index (χ3n) is 6.12. The smallest absolute Gasteiger partial charge is 0.255 e. The van der Waals surface area contributed by atoms with Crippen LogP contribution in [-0.2, 0) is 0 Å². The molecule has 3 aromatic rings. The Kier molecular flexibility index (Phi) is 10.6. The summed E-state index contributed by atoms with van der Waals surface area (Å²) in [6.45, 7) is 1.24. The van der Waals surface area contributed by atoms with Gasteiger partial charge in [0.1, 0.15) is 0 Å². The molecule has 13 heteroatoms. The predicted octanol–water partition coefficient (Wildman–Crippen LogP) is 1.11. The monoisotopic (exact) mass is 568 g/mol. The molecule has 3 rings (SSSR count). The lowest BCUT2D eigenvalue weighted by molar-refractivity contribution is 0.0944. The van der Waals surface area contributed by atoms with Gasteiger partial charge in [-0.2, -0.15) is 0 Å². The Morgan fingerprint density at radius 1 is 0.610 bits per heavy atom. The fourth-order valence-electron chi connectivity index (χ4n) is 3.90. The van der Waals surface area contributed by atoms with Crippen molar-refractivity contribution in [1.29, 1.82) is 0 Å². The number of nitrogens with zero attached hydrogens (tertiary/aromatic N) is 1. The standard InChI is InChI=1S/C28H32N4O9/c1-41-22-10-4-7-19(25(22)37)28(40)31-13-16-32(14-11-29-26(38)17-5-2-8-20(33)23(17)35)15-12-30-27(39)18-6-3-9-21(34)24(18)36/h2-10,33-37H,11-16H2,1H3,(H,29,38)(H,30,39)(H,31,40). The predicted molar refractivity (Wildman–Crippen MR) is 148 cm³/mol. The molecule has 0 heterocycles. The summed E-state index contributed by atoms with van der Waals surface area (Å²) in [6, 6.07) is 12.6.